The molecular weight excluding hydrogens is 416 g/mol. The van der Waals surface area contributed by atoms with Crippen molar-refractivity contribution >= 4 is 11.5 Å². The van der Waals surface area contributed by atoms with E-state index in [1.807, 2.05) is 24.3 Å². The molecule has 0 aromatic heterocycles. The van der Waals surface area contributed by atoms with Crippen molar-refractivity contribution in [1.82, 2.24) is 16.1 Å². The summed E-state index contributed by atoms with van der Waals surface area (Å²) in [5.74, 6) is 8.00. The van der Waals surface area contributed by atoms with E-state index in [0.717, 1.165) is 70.1 Å². The lowest BCUT2D eigenvalue weighted by atomic mass is 10.1. The molecule has 0 bridgehead atoms. The van der Waals surface area contributed by atoms with Gasteiger partial charge in [0.15, 0.2) is 0 Å². The second kappa shape index (κ2) is 13.7. The summed E-state index contributed by atoms with van der Waals surface area (Å²) in [5.41, 5.74) is 2.39. The Bertz CT molecular complexity index is 837. The third-order valence-electron chi connectivity index (χ3n) is 5.93. The lowest BCUT2D eigenvalue weighted by Crippen LogP contribution is -2.46. The lowest BCUT2D eigenvalue weighted by molar-refractivity contribution is 0.238. The highest BCUT2D eigenvalue weighted by atomic mass is 16.5. The maximum Gasteiger partial charge on any atom is 0.142 e. The second-order valence-corrected chi connectivity index (χ2v) is 8.23. The topological polar surface area (TPSA) is 113 Å². The third kappa shape index (κ3) is 8.24. The quantitative estimate of drug-likeness (QED) is 0.156. The molecule has 1 heterocycles. The maximum atomic E-state index is 7.51. The number of nitrogens with two attached hydrogens (primary N) is 1. The second-order valence-electron chi connectivity index (χ2n) is 8.23. The van der Waals surface area contributed by atoms with Gasteiger partial charge in [0.2, 0.25) is 0 Å². The summed E-state index contributed by atoms with van der Waals surface area (Å²) in [7, 11) is 1.74. The van der Waals surface area contributed by atoms with E-state index in [0.29, 0.717) is 12.4 Å². The number of hydrogen-bond donors (Lipinski definition) is 3. The molecule has 0 unspecified atom stereocenters. The molecule has 0 radical (unpaired) electrons. The van der Waals surface area contributed by atoms with Gasteiger partial charge in [-0.1, -0.05) is 24.3 Å². The predicted molar refractivity (Wildman–Crippen MR) is 136 cm³/mol. The van der Waals surface area contributed by atoms with E-state index in [4.69, 9.17) is 20.7 Å². The molecule has 1 saturated heterocycles. The monoisotopic (exact) mass is 456 g/mol. The van der Waals surface area contributed by atoms with E-state index in [-0.39, 0.29) is 6.15 Å². The number of nitrogens with zero attached hydrogens (tertiary/aromatic N) is 3. The van der Waals surface area contributed by atoms with Gasteiger partial charge in [0, 0.05) is 32.7 Å². The summed E-state index contributed by atoms with van der Waals surface area (Å²) < 4.78 is 11.4. The van der Waals surface area contributed by atoms with Gasteiger partial charge < -0.3 is 20.5 Å². The van der Waals surface area contributed by atoms with Crippen LogP contribution in [0.15, 0.2) is 48.5 Å². The van der Waals surface area contributed by atoms with Gasteiger partial charge in [0.25, 0.3) is 0 Å². The van der Waals surface area contributed by atoms with Crippen molar-refractivity contribution in [3.63, 3.8) is 0 Å². The molecule has 0 atom stereocenters. The summed E-state index contributed by atoms with van der Waals surface area (Å²) in [6.45, 7) is 8.42. The number of para-hydroxylation sites is 2. The first-order valence-electron chi connectivity index (χ1n) is 11.5. The van der Waals surface area contributed by atoms with Crippen molar-refractivity contribution in [1.29, 1.82) is 5.41 Å². The van der Waals surface area contributed by atoms with Crippen LogP contribution in [-0.2, 0) is 6.42 Å². The minimum Gasteiger partial charge on any atom is -0.495 e. The Balaban J connectivity index is 0.00000385. The molecule has 8 heteroatoms. The van der Waals surface area contributed by atoms with Gasteiger partial charge in [-0.25, -0.2) is 5.84 Å². The standard InChI is InChI=1S/C25H37N5O2.H3N/c1-21(26)30(27)15-13-22-9-11-23(12-10-22)32-20-6-5-14-28-16-18-29(19-17-28)24-7-3-4-8-25(24)31-2;/h3-4,7-12,26H,5-6,13-20,27H2,1-2H3;1H3. The van der Waals surface area contributed by atoms with Gasteiger partial charge >= 0.3 is 0 Å². The molecule has 6 N–H and O–H groups in total. The average molecular weight is 457 g/mol. The van der Waals surface area contributed by atoms with Crippen LogP contribution < -0.4 is 26.4 Å². The zero-order valence-corrected chi connectivity index (χ0v) is 20.1. The fourth-order valence-corrected chi connectivity index (χ4v) is 3.90. The molecule has 0 spiro atoms. The number of anilines is 1. The van der Waals surface area contributed by atoms with Gasteiger partial charge in [-0.05, 0) is 62.6 Å². The normalized spacial score (nSPS) is 13.8. The van der Waals surface area contributed by atoms with Crippen LogP contribution in [-0.4, -0.2) is 68.7 Å². The Morgan fingerprint density at radius 3 is 2.39 bits per heavy atom. The summed E-state index contributed by atoms with van der Waals surface area (Å²) in [4.78, 5) is 4.96. The molecule has 0 aliphatic carbocycles. The first-order valence-corrected chi connectivity index (χ1v) is 11.5. The summed E-state index contributed by atoms with van der Waals surface area (Å²) >= 11 is 0. The van der Waals surface area contributed by atoms with Crippen LogP contribution in [0.4, 0.5) is 5.69 Å². The lowest BCUT2D eigenvalue weighted by Gasteiger charge is -2.36. The van der Waals surface area contributed by atoms with E-state index in [1.54, 1.807) is 14.0 Å². The van der Waals surface area contributed by atoms with Crippen LogP contribution in [0.2, 0.25) is 0 Å². The van der Waals surface area contributed by atoms with E-state index in [1.165, 1.54) is 16.3 Å². The number of hydrazine groups is 1. The summed E-state index contributed by atoms with van der Waals surface area (Å²) in [6.07, 6.45) is 3.01. The number of piperazine rings is 1. The van der Waals surface area contributed by atoms with Gasteiger partial charge in [-0.15, -0.1) is 0 Å². The summed E-state index contributed by atoms with van der Waals surface area (Å²) in [5, 5.41) is 8.97. The highest BCUT2D eigenvalue weighted by Crippen LogP contribution is 2.28. The molecule has 1 aliphatic heterocycles. The molecule has 1 fully saturated rings. The molecule has 1 aliphatic rings. The smallest absolute Gasteiger partial charge is 0.142 e. The van der Waals surface area contributed by atoms with Gasteiger partial charge in [-0.2, -0.15) is 0 Å². The Morgan fingerprint density at radius 2 is 1.73 bits per heavy atom. The number of nitrogens with one attached hydrogen (secondary N) is 1. The molecular formula is C25H40N6O2. The highest BCUT2D eigenvalue weighted by Gasteiger charge is 2.19. The molecule has 0 saturated carbocycles. The van der Waals surface area contributed by atoms with Crippen LogP contribution in [0.3, 0.4) is 0 Å². The Morgan fingerprint density at radius 1 is 1.03 bits per heavy atom. The van der Waals surface area contributed by atoms with Crippen LogP contribution in [0.25, 0.3) is 0 Å². The molecule has 2 aromatic carbocycles. The molecule has 33 heavy (non-hydrogen) atoms. The fourth-order valence-electron chi connectivity index (χ4n) is 3.90. The van der Waals surface area contributed by atoms with E-state index < -0.39 is 0 Å². The van der Waals surface area contributed by atoms with E-state index in [9.17, 15) is 0 Å². The predicted octanol–water partition coefficient (Wildman–Crippen LogP) is 3.55. The van der Waals surface area contributed by atoms with Crippen molar-refractivity contribution in [2.24, 2.45) is 5.84 Å². The van der Waals surface area contributed by atoms with Crippen molar-refractivity contribution in [3.8, 4) is 11.5 Å². The number of methoxy groups -OCH3 is 1. The maximum absolute atomic E-state index is 7.51. The largest absolute Gasteiger partial charge is 0.495 e. The summed E-state index contributed by atoms with van der Waals surface area (Å²) in [6, 6.07) is 16.4. The van der Waals surface area contributed by atoms with E-state index >= 15 is 0 Å². The zero-order valence-electron chi connectivity index (χ0n) is 20.1. The highest BCUT2D eigenvalue weighted by molar-refractivity contribution is 5.75. The Hall–Kier alpha value is -2.81. The fraction of sp³-hybridized carbons (Fsp3) is 0.480. The first kappa shape index (κ1) is 26.4. The SMILES string of the molecule is COc1ccccc1N1CCN(CCCCOc2ccc(CCN(N)C(C)=N)cc2)CC1.N. The molecule has 182 valence electrons. The van der Waals surface area contributed by atoms with E-state index in [2.05, 4.69) is 34.1 Å². The van der Waals surface area contributed by atoms with Gasteiger partial charge in [-0.3, -0.25) is 15.3 Å². The third-order valence-corrected chi connectivity index (χ3v) is 5.93. The zero-order chi connectivity index (χ0) is 22.8. The molecule has 8 nitrogen and oxygen atoms in total. The van der Waals surface area contributed by atoms with Crippen molar-refractivity contribution in [3.05, 3.63) is 54.1 Å². The first-order chi connectivity index (χ1) is 15.6. The van der Waals surface area contributed by atoms with Crippen LogP contribution >= 0.6 is 0 Å². The Kier molecular flexibility index (Phi) is 11.0. The van der Waals surface area contributed by atoms with Gasteiger partial charge in [0.05, 0.1) is 19.4 Å². The number of amidine groups is 1. The Labute approximate surface area is 198 Å². The minimum absolute atomic E-state index is 0. The number of benzene rings is 2. The molecule has 2 aromatic rings. The number of unbranched alkanes of at least 4 members (excludes halogenated alkanes) is 1. The van der Waals surface area contributed by atoms with Crippen LogP contribution in [0.1, 0.15) is 25.3 Å². The van der Waals surface area contributed by atoms with Crippen LogP contribution in [0, 0.1) is 5.41 Å². The van der Waals surface area contributed by atoms with Gasteiger partial charge in [0.1, 0.15) is 17.3 Å². The number of ether oxygens (including phenoxy) is 2. The van der Waals surface area contributed by atoms with Crippen molar-refractivity contribution < 1.29 is 9.47 Å². The van der Waals surface area contributed by atoms with Crippen molar-refractivity contribution in [2.45, 2.75) is 26.2 Å². The minimum atomic E-state index is 0. The average Bonchev–Trinajstić information content (AvgIpc) is 2.83. The molecule has 0 amide bonds. The number of hydrogen-bond acceptors (Lipinski definition) is 7. The molecule has 3 rings (SSSR count). The van der Waals surface area contributed by atoms with Crippen LogP contribution in [0.5, 0.6) is 11.5 Å². The number of rotatable bonds is 11. The van der Waals surface area contributed by atoms with Crippen molar-refractivity contribution in [2.75, 3.05) is 57.9 Å².